The minimum absolute atomic E-state index is 0.0832. The lowest BCUT2D eigenvalue weighted by Crippen LogP contribution is -2.64. The van der Waals surface area contributed by atoms with Crippen molar-refractivity contribution in [2.75, 3.05) is 0 Å². The zero-order valence-corrected chi connectivity index (χ0v) is 15.9. The van der Waals surface area contributed by atoms with Gasteiger partial charge in [0.25, 0.3) is 0 Å². The van der Waals surface area contributed by atoms with Crippen LogP contribution in [0, 0.1) is 25.2 Å². The normalized spacial score (nSPS) is 28.6. The third-order valence-corrected chi connectivity index (χ3v) is 6.88. The topological polar surface area (TPSA) is 9.23 Å². The average molecular weight is 310 g/mol. The molecule has 2 aliphatic rings. The van der Waals surface area contributed by atoms with Crippen LogP contribution in [0.1, 0.15) is 64.2 Å². The highest BCUT2D eigenvalue weighted by atomic mass is 16.5. The molecule has 1 saturated heterocycles. The van der Waals surface area contributed by atoms with Crippen LogP contribution in [0.2, 0.25) is 5.82 Å². The quantitative estimate of drug-likeness (QED) is 0.686. The summed E-state index contributed by atoms with van der Waals surface area (Å²) in [7, 11) is 0. The Morgan fingerprint density at radius 3 is 2.17 bits per heavy atom. The molecule has 0 spiro atoms. The van der Waals surface area contributed by atoms with Gasteiger partial charge in [0.05, 0.1) is 5.60 Å². The van der Waals surface area contributed by atoms with Gasteiger partial charge in [0.15, 0.2) is 0 Å². The first-order chi connectivity index (χ1) is 10.7. The molecule has 0 aromatic heterocycles. The summed E-state index contributed by atoms with van der Waals surface area (Å²) in [6.45, 7) is 16.2. The highest BCUT2D eigenvalue weighted by molar-refractivity contribution is 6.70. The van der Waals surface area contributed by atoms with E-state index in [0.717, 1.165) is 5.92 Å². The Hall–Kier alpha value is -1.02. The lowest BCUT2D eigenvalue weighted by atomic mass is 9.33. The Morgan fingerprint density at radius 2 is 1.70 bits per heavy atom. The summed E-state index contributed by atoms with van der Waals surface area (Å²) in [5.41, 5.74) is 5.66. The molecule has 0 N–H and O–H groups in total. The van der Waals surface area contributed by atoms with Crippen LogP contribution in [0.25, 0.3) is 6.08 Å². The Balaban J connectivity index is 2.03. The predicted octanol–water partition coefficient (Wildman–Crippen LogP) is 5.15. The maximum Gasteiger partial charge on any atom is 0.331 e. The summed E-state index contributed by atoms with van der Waals surface area (Å²) in [5, 5.41) is 0. The number of allylic oxidation sites excluding steroid dienone is 1. The van der Waals surface area contributed by atoms with Crippen molar-refractivity contribution in [1.29, 1.82) is 0 Å². The van der Waals surface area contributed by atoms with E-state index in [9.17, 15) is 0 Å². The zero-order chi connectivity index (χ0) is 17.0. The van der Waals surface area contributed by atoms with E-state index in [0.29, 0.717) is 5.82 Å². The first-order valence-corrected chi connectivity index (χ1v) is 9.10. The van der Waals surface area contributed by atoms with Gasteiger partial charge >= 0.3 is 6.92 Å². The molecule has 2 atom stereocenters. The van der Waals surface area contributed by atoms with Gasteiger partial charge in [-0.3, -0.25) is 0 Å². The van der Waals surface area contributed by atoms with Crippen LogP contribution in [0.15, 0.2) is 18.2 Å². The maximum absolute atomic E-state index is 6.75. The molecule has 2 heteroatoms. The van der Waals surface area contributed by atoms with Gasteiger partial charge in [-0.15, -0.1) is 0 Å². The van der Waals surface area contributed by atoms with Gasteiger partial charge in [0.1, 0.15) is 0 Å². The summed E-state index contributed by atoms with van der Waals surface area (Å²) in [6, 6.07) is 4.62. The Labute approximate surface area is 142 Å². The van der Waals surface area contributed by atoms with Gasteiger partial charge in [0, 0.05) is 0 Å². The van der Waals surface area contributed by atoms with E-state index in [1.54, 1.807) is 0 Å². The summed E-state index contributed by atoms with van der Waals surface area (Å²) in [4.78, 5) is 0. The molecule has 1 aromatic carbocycles. The monoisotopic (exact) mass is 310 g/mol. The second-order valence-corrected chi connectivity index (χ2v) is 8.69. The van der Waals surface area contributed by atoms with Crippen molar-refractivity contribution < 1.29 is 4.65 Å². The van der Waals surface area contributed by atoms with Crippen molar-refractivity contribution in [1.82, 2.24) is 0 Å². The average Bonchev–Trinajstić information content (AvgIpc) is 2.34. The van der Waals surface area contributed by atoms with Crippen LogP contribution in [-0.4, -0.2) is 12.5 Å². The summed E-state index contributed by atoms with van der Waals surface area (Å²) in [5.74, 6) is 1.47. The number of aryl methyl sites for hydroxylation is 2. The Morgan fingerprint density at radius 1 is 1.09 bits per heavy atom. The largest absolute Gasteiger partial charge is 0.425 e. The van der Waals surface area contributed by atoms with Crippen LogP contribution >= 0.6 is 0 Å². The number of rotatable bonds is 2. The first-order valence-electron chi connectivity index (χ1n) is 9.10. The molecule has 3 rings (SSSR count). The standard InChI is InChI=1S/C21H31BO/c1-8-9-16-12-14(2)19(15(3)13-16)22-18-11-10-17(18)20(4,5)21(6,7)23-22/h8-9,12-13,17-18H,10-11H2,1-7H3/b9-8+. The minimum atomic E-state index is -0.0832. The van der Waals surface area contributed by atoms with Gasteiger partial charge in [-0.25, -0.2) is 0 Å². The molecular formula is C21H31BO. The van der Waals surface area contributed by atoms with Gasteiger partial charge in [-0.05, 0) is 62.8 Å². The van der Waals surface area contributed by atoms with Crippen LogP contribution in [0.4, 0.5) is 0 Å². The number of benzene rings is 1. The summed E-state index contributed by atoms with van der Waals surface area (Å²) < 4.78 is 6.75. The molecule has 1 saturated carbocycles. The molecule has 2 fully saturated rings. The minimum Gasteiger partial charge on any atom is -0.425 e. The van der Waals surface area contributed by atoms with Gasteiger partial charge in [-0.2, -0.15) is 0 Å². The molecule has 1 heterocycles. The second kappa shape index (κ2) is 5.51. The molecule has 2 unspecified atom stereocenters. The fourth-order valence-electron chi connectivity index (χ4n) is 4.81. The lowest BCUT2D eigenvalue weighted by Gasteiger charge is -2.61. The summed E-state index contributed by atoms with van der Waals surface area (Å²) in [6.07, 6.45) is 6.96. The number of fused-ring (bicyclic) bond motifs is 1. The van der Waals surface area contributed by atoms with Crippen LogP contribution in [-0.2, 0) is 4.65 Å². The molecule has 0 radical (unpaired) electrons. The number of hydrogen-bond acceptors (Lipinski definition) is 1. The highest BCUT2D eigenvalue weighted by Crippen LogP contribution is 2.60. The van der Waals surface area contributed by atoms with E-state index in [4.69, 9.17) is 4.65 Å². The van der Waals surface area contributed by atoms with E-state index < -0.39 is 0 Å². The highest BCUT2D eigenvalue weighted by Gasteiger charge is 2.59. The van der Waals surface area contributed by atoms with Crippen molar-refractivity contribution in [2.45, 2.75) is 72.7 Å². The lowest BCUT2D eigenvalue weighted by molar-refractivity contribution is -0.103. The smallest absolute Gasteiger partial charge is 0.331 e. The third kappa shape index (κ3) is 2.50. The van der Waals surface area contributed by atoms with Crippen molar-refractivity contribution in [3.05, 3.63) is 34.9 Å². The van der Waals surface area contributed by atoms with Crippen molar-refractivity contribution in [2.24, 2.45) is 11.3 Å². The molecule has 0 amide bonds. The fraction of sp³-hybridized carbons (Fsp3) is 0.619. The SMILES string of the molecule is C/C=C/c1cc(C)c(B2OC(C)(C)C(C)(C)C3CCC23)c(C)c1. The van der Waals surface area contributed by atoms with E-state index in [2.05, 4.69) is 72.8 Å². The fourth-order valence-corrected chi connectivity index (χ4v) is 4.81. The Bertz CT molecular complexity index is 618. The summed E-state index contributed by atoms with van der Waals surface area (Å²) >= 11 is 0. The second-order valence-electron chi connectivity index (χ2n) is 8.69. The molecule has 23 heavy (non-hydrogen) atoms. The van der Waals surface area contributed by atoms with Crippen molar-refractivity contribution in [3.63, 3.8) is 0 Å². The van der Waals surface area contributed by atoms with Crippen LogP contribution < -0.4 is 5.46 Å². The molecule has 124 valence electrons. The molecule has 1 nitrogen and oxygen atoms in total. The van der Waals surface area contributed by atoms with Gasteiger partial charge in [0.2, 0.25) is 0 Å². The van der Waals surface area contributed by atoms with Crippen LogP contribution in [0.5, 0.6) is 0 Å². The van der Waals surface area contributed by atoms with Crippen LogP contribution in [0.3, 0.4) is 0 Å². The molecule has 1 aliphatic carbocycles. The van der Waals surface area contributed by atoms with Crippen molar-refractivity contribution >= 4 is 18.5 Å². The first kappa shape index (κ1) is 16.8. The van der Waals surface area contributed by atoms with Crippen molar-refractivity contribution in [3.8, 4) is 0 Å². The molecule has 0 bridgehead atoms. The van der Waals surface area contributed by atoms with E-state index in [-0.39, 0.29) is 17.9 Å². The van der Waals surface area contributed by atoms with Gasteiger partial charge in [-0.1, -0.05) is 62.1 Å². The molecule has 1 aromatic rings. The van der Waals surface area contributed by atoms with E-state index in [1.165, 1.54) is 35.0 Å². The predicted molar refractivity (Wildman–Crippen MR) is 101 cm³/mol. The molecule has 1 aliphatic heterocycles. The maximum atomic E-state index is 6.75. The van der Waals surface area contributed by atoms with E-state index >= 15 is 0 Å². The van der Waals surface area contributed by atoms with Gasteiger partial charge < -0.3 is 4.65 Å². The van der Waals surface area contributed by atoms with E-state index in [1.807, 2.05) is 0 Å². The third-order valence-electron chi connectivity index (χ3n) is 6.88. The zero-order valence-electron chi connectivity index (χ0n) is 15.9. The molecular weight excluding hydrogens is 279 g/mol. The number of hydrogen-bond donors (Lipinski definition) is 0. The Kier molecular flexibility index (Phi) is 4.04.